The summed E-state index contributed by atoms with van der Waals surface area (Å²) < 4.78 is 20.5. The number of unbranched alkanes of at least 4 members (excludes halogenated alkanes) is 1. The lowest BCUT2D eigenvalue weighted by Gasteiger charge is -2.31. The van der Waals surface area contributed by atoms with Crippen LogP contribution in [0.1, 0.15) is 42.0 Å². The Hall–Kier alpha value is -3.19. The highest BCUT2D eigenvalue weighted by atomic mass is 79.9. The lowest BCUT2D eigenvalue weighted by atomic mass is 10.0. The molecule has 0 unspecified atom stereocenters. The first-order valence-electron chi connectivity index (χ1n) is 12.5. The van der Waals surface area contributed by atoms with Crippen LogP contribution in [0.4, 0.5) is 4.39 Å². The summed E-state index contributed by atoms with van der Waals surface area (Å²) in [4.78, 5) is 28.6. The Kier molecular flexibility index (Phi) is 10.7. The maximum Gasteiger partial charge on any atom is 0.261 e. The van der Waals surface area contributed by atoms with Crippen LogP contribution in [0, 0.1) is 19.7 Å². The summed E-state index contributed by atoms with van der Waals surface area (Å²) in [6, 6.07) is 18.6. The average Bonchev–Trinajstić information content (AvgIpc) is 2.89. The van der Waals surface area contributed by atoms with Crippen LogP contribution < -0.4 is 10.1 Å². The Morgan fingerprint density at radius 2 is 1.65 bits per heavy atom. The van der Waals surface area contributed by atoms with Crippen LogP contribution in [0.2, 0.25) is 0 Å². The van der Waals surface area contributed by atoms with E-state index < -0.39 is 6.04 Å². The molecular weight excluding hydrogens is 535 g/mol. The second kappa shape index (κ2) is 13.9. The van der Waals surface area contributed by atoms with Crippen molar-refractivity contribution in [3.8, 4) is 5.75 Å². The van der Waals surface area contributed by atoms with Gasteiger partial charge in [0.25, 0.3) is 5.91 Å². The molecule has 0 aromatic heterocycles. The van der Waals surface area contributed by atoms with Gasteiger partial charge in [-0.25, -0.2) is 4.39 Å². The van der Waals surface area contributed by atoms with Gasteiger partial charge in [0.1, 0.15) is 17.6 Å². The van der Waals surface area contributed by atoms with Gasteiger partial charge in [0, 0.05) is 24.0 Å². The Balaban J connectivity index is 1.89. The largest absolute Gasteiger partial charge is 0.484 e. The van der Waals surface area contributed by atoms with Crippen molar-refractivity contribution >= 4 is 27.7 Å². The molecule has 0 saturated heterocycles. The number of hydrogen-bond acceptors (Lipinski definition) is 3. The van der Waals surface area contributed by atoms with Crippen molar-refractivity contribution in [3.05, 3.63) is 99.3 Å². The van der Waals surface area contributed by atoms with Gasteiger partial charge in [-0.05, 0) is 66.8 Å². The molecule has 2 amide bonds. The first kappa shape index (κ1) is 28.4. The molecular formula is C30H34BrFN2O3. The Morgan fingerprint density at radius 1 is 1.00 bits per heavy atom. The summed E-state index contributed by atoms with van der Waals surface area (Å²) in [7, 11) is 0. The van der Waals surface area contributed by atoms with Gasteiger partial charge >= 0.3 is 0 Å². The number of ether oxygens (including phenoxy) is 1. The Morgan fingerprint density at radius 3 is 2.27 bits per heavy atom. The quantitative estimate of drug-likeness (QED) is 0.267. The molecule has 37 heavy (non-hydrogen) atoms. The van der Waals surface area contributed by atoms with Gasteiger partial charge in [0.2, 0.25) is 5.91 Å². The summed E-state index contributed by atoms with van der Waals surface area (Å²) in [5.41, 5.74) is 3.67. The monoisotopic (exact) mass is 568 g/mol. The minimum atomic E-state index is -0.756. The summed E-state index contributed by atoms with van der Waals surface area (Å²) >= 11 is 3.55. The molecule has 3 aromatic rings. The van der Waals surface area contributed by atoms with Gasteiger partial charge in [0.15, 0.2) is 6.61 Å². The van der Waals surface area contributed by atoms with Crippen molar-refractivity contribution in [3.63, 3.8) is 0 Å². The van der Waals surface area contributed by atoms with Crippen LogP contribution in [-0.4, -0.2) is 35.9 Å². The number of hydrogen-bond donors (Lipinski definition) is 1. The first-order valence-corrected chi connectivity index (χ1v) is 13.3. The fraction of sp³-hybridized carbons (Fsp3) is 0.333. The first-order chi connectivity index (χ1) is 17.8. The lowest BCUT2D eigenvalue weighted by Crippen LogP contribution is -2.51. The zero-order chi connectivity index (χ0) is 26.8. The summed E-state index contributed by atoms with van der Waals surface area (Å²) in [5, 5.41) is 2.99. The number of aryl methyl sites for hydroxylation is 2. The van der Waals surface area contributed by atoms with E-state index in [4.69, 9.17) is 4.74 Å². The molecule has 3 rings (SSSR count). The summed E-state index contributed by atoms with van der Waals surface area (Å²) in [6.07, 6.45) is 2.14. The highest BCUT2D eigenvalue weighted by molar-refractivity contribution is 9.10. The second-order valence-electron chi connectivity index (χ2n) is 9.16. The van der Waals surface area contributed by atoms with E-state index in [1.165, 1.54) is 12.1 Å². The van der Waals surface area contributed by atoms with Crippen molar-refractivity contribution in [2.24, 2.45) is 0 Å². The van der Waals surface area contributed by atoms with E-state index in [-0.39, 0.29) is 30.8 Å². The number of carbonyl (C=O) groups is 2. The third-order valence-electron chi connectivity index (χ3n) is 6.14. The molecule has 5 nitrogen and oxygen atoms in total. The number of benzene rings is 3. The molecule has 0 fully saturated rings. The predicted octanol–water partition coefficient (Wildman–Crippen LogP) is 6.14. The van der Waals surface area contributed by atoms with E-state index >= 15 is 0 Å². The van der Waals surface area contributed by atoms with Crippen molar-refractivity contribution in [2.75, 3.05) is 13.2 Å². The number of amides is 2. The Bertz CT molecular complexity index is 1160. The average molecular weight is 570 g/mol. The molecule has 3 aromatic carbocycles. The van der Waals surface area contributed by atoms with Crippen LogP contribution in [-0.2, 0) is 22.6 Å². The molecule has 0 aliphatic rings. The fourth-order valence-corrected chi connectivity index (χ4v) is 4.29. The van der Waals surface area contributed by atoms with E-state index in [9.17, 15) is 14.0 Å². The summed E-state index contributed by atoms with van der Waals surface area (Å²) in [5.74, 6) is -0.318. The number of carbonyl (C=O) groups excluding carboxylic acids is 2. The normalized spacial score (nSPS) is 11.6. The van der Waals surface area contributed by atoms with E-state index in [1.807, 2.05) is 56.3 Å². The van der Waals surface area contributed by atoms with Crippen LogP contribution in [0.5, 0.6) is 5.75 Å². The number of rotatable bonds is 12. The Labute approximate surface area is 227 Å². The van der Waals surface area contributed by atoms with Crippen LogP contribution in [0.15, 0.2) is 71.2 Å². The minimum Gasteiger partial charge on any atom is -0.484 e. The molecule has 0 saturated carbocycles. The highest BCUT2D eigenvalue weighted by Gasteiger charge is 2.30. The molecule has 0 aliphatic heterocycles. The smallest absolute Gasteiger partial charge is 0.261 e. The van der Waals surface area contributed by atoms with Crippen LogP contribution >= 0.6 is 15.9 Å². The van der Waals surface area contributed by atoms with E-state index in [2.05, 4.69) is 28.2 Å². The van der Waals surface area contributed by atoms with Crippen LogP contribution in [0.3, 0.4) is 0 Å². The fourth-order valence-electron chi connectivity index (χ4n) is 4.06. The van der Waals surface area contributed by atoms with Gasteiger partial charge in [-0.3, -0.25) is 9.59 Å². The van der Waals surface area contributed by atoms with Crippen molar-refractivity contribution in [1.82, 2.24) is 10.2 Å². The molecule has 7 heteroatoms. The number of nitrogens with one attached hydrogen (secondary N) is 1. The number of nitrogens with zero attached hydrogens (tertiary/aromatic N) is 1. The topological polar surface area (TPSA) is 58.6 Å². The van der Waals surface area contributed by atoms with E-state index in [0.717, 1.165) is 39.6 Å². The molecule has 0 radical (unpaired) electrons. The SMILES string of the molecule is CCCCNC(=O)[C@H](Cc1ccccc1)N(Cc1ccc(F)cc1)C(=O)COc1cc(C)c(Br)c(C)c1. The lowest BCUT2D eigenvalue weighted by molar-refractivity contribution is -0.142. The van der Waals surface area contributed by atoms with Gasteiger partial charge in [0.05, 0.1) is 0 Å². The van der Waals surface area contributed by atoms with Gasteiger partial charge in [-0.15, -0.1) is 0 Å². The van der Waals surface area contributed by atoms with Gasteiger partial charge < -0.3 is 15.0 Å². The third-order valence-corrected chi connectivity index (χ3v) is 7.39. The highest BCUT2D eigenvalue weighted by Crippen LogP contribution is 2.26. The summed E-state index contributed by atoms with van der Waals surface area (Å²) in [6.45, 7) is 6.44. The van der Waals surface area contributed by atoms with Crippen LogP contribution in [0.25, 0.3) is 0 Å². The molecule has 0 heterocycles. The molecule has 196 valence electrons. The molecule has 0 spiro atoms. The van der Waals surface area contributed by atoms with E-state index in [0.29, 0.717) is 18.7 Å². The number of halogens is 2. The van der Waals surface area contributed by atoms with Crippen molar-refractivity contribution in [1.29, 1.82) is 0 Å². The maximum absolute atomic E-state index is 13.6. The molecule has 0 aliphatic carbocycles. The second-order valence-corrected chi connectivity index (χ2v) is 9.95. The zero-order valence-electron chi connectivity index (χ0n) is 21.6. The van der Waals surface area contributed by atoms with Gasteiger partial charge in [-0.1, -0.05) is 71.7 Å². The van der Waals surface area contributed by atoms with Crippen molar-refractivity contribution < 1.29 is 18.7 Å². The molecule has 1 atom stereocenters. The predicted molar refractivity (Wildman–Crippen MR) is 148 cm³/mol. The van der Waals surface area contributed by atoms with Crippen molar-refractivity contribution in [2.45, 2.75) is 52.6 Å². The zero-order valence-corrected chi connectivity index (χ0v) is 23.2. The third kappa shape index (κ3) is 8.42. The van der Waals surface area contributed by atoms with Gasteiger partial charge in [-0.2, -0.15) is 0 Å². The molecule has 1 N–H and O–H groups in total. The maximum atomic E-state index is 13.6. The minimum absolute atomic E-state index is 0.152. The molecule has 0 bridgehead atoms. The van der Waals surface area contributed by atoms with E-state index in [1.54, 1.807) is 17.0 Å². The standard InChI is InChI=1S/C30H34BrFN2O3/c1-4-5-15-33-30(36)27(18-23-9-7-6-8-10-23)34(19-24-11-13-25(32)14-12-24)28(35)20-37-26-16-21(2)29(31)22(3)17-26/h6-14,16-17,27H,4-5,15,18-20H2,1-3H3,(H,33,36)/t27-/m0/s1.